The van der Waals surface area contributed by atoms with Crippen LogP contribution in [0, 0.1) is 0 Å². The number of carbonyl (C=O) groups excluding carboxylic acids is 2. The van der Waals surface area contributed by atoms with Crippen LogP contribution in [0.1, 0.15) is 19.8 Å². The molecule has 2 aliphatic rings. The molecule has 1 N–H and O–H groups in total. The van der Waals surface area contributed by atoms with E-state index in [2.05, 4.69) is 17.1 Å². The van der Waals surface area contributed by atoms with Gasteiger partial charge in [-0.05, 0) is 38.1 Å². The molecule has 6 heteroatoms. The number of hydrogen-bond acceptors (Lipinski definition) is 4. The van der Waals surface area contributed by atoms with Gasteiger partial charge in [-0.15, -0.1) is 11.8 Å². The van der Waals surface area contributed by atoms with Crippen molar-refractivity contribution in [2.24, 2.45) is 0 Å². The van der Waals surface area contributed by atoms with Gasteiger partial charge in [0.2, 0.25) is 11.8 Å². The summed E-state index contributed by atoms with van der Waals surface area (Å²) in [5.74, 6) is 0.319. The van der Waals surface area contributed by atoms with Crippen molar-refractivity contribution in [2.45, 2.75) is 30.7 Å². The van der Waals surface area contributed by atoms with Crippen LogP contribution < -0.4 is 10.2 Å². The lowest BCUT2D eigenvalue weighted by atomic mass is 10.2. The van der Waals surface area contributed by atoms with Crippen molar-refractivity contribution in [1.29, 1.82) is 0 Å². The van der Waals surface area contributed by atoms with E-state index in [1.54, 1.807) is 4.90 Å². The molecule has 124 valence electrons. The molecule has 5 nitrogen and oxygen atoms in total. The van der Waals surface area contributed by atoms with Gasteiger partial charge in [-0.25, -0.2) is 0 Å². The first-order valence-electron chi connectivity index (χ1n) is 8.22. The number of likely N-dealkylation sites (N-methyl/N-ethyl adjacent to an activating group) is 1. The Kier molecular flexibility index (Phi) is 5.23. The zero-order chi connectivity index (χ0) is 16.2. The van der Waals surface area contributed by atoms with Gasteiger partial charge in [0, 0.05) is 17.5 Å². The monoisotopic (exact) mass is 333 g/mol. The number of likely N-dealkylation sites (tertiary alicyclic amines) is 1. The molecule has 0 bridgehead atoms. The highest BCUT2D eigenvalue weighted by atomic mass is 32.2. The van der Waals surface area contributed by atoms with E-state index in [9.17, 15) is 9.59 Å². The topological polar surface area (TPSA) is 52.7 Å². The molecule has 0 saturated carbocycles. The summed E-state index contributed by atoms with van der Waals surface area (Å²) >= 11 is 1.54. The summed E-state index contributed by atoms with van der Waals surface area (Å²) in [5, 5.41) is 3.01. The molecule has 1 aromatic carbocycles. The molecule has 1 aromatic rings. The number of nitrogens with one attached hydrogen (secondary N) is 1. The predicted molar refractivity (Wildman–Crippen MR) is 92.8 cm³/mol. The van der Waals surface area contributed by atoms with Crippen molar-refractivity contribution in [3.8, 4) is 0 Å². The van der Waals surface area contributed by atoms with Crippen molar-refractivity contribution >= 4 is 29.3 Å². The molecular formula is C17H23N3O2S. The number of amides is 2. The lowest BCUT2D eigenvalue weighted by Gasteiger charge is -2.29. The van der Waals surface area contributed by atoms with Gasteiger partial charge in [0.1, 0.15) is 6.54 Å². The third-order valence-corrected chi connectivity index (χ3v) is 5.60. The standard InChI is InChI=1S/C17H23N3O2S/c1-2-19-9-5-6-13(19)10-18-16(21)11-20-14-7-3-4-8-15(14)23-12-17(20)22/h3-4,7-8,13H,2,5-6,9-12H2,1H3,(H,18,21)/t13-/m0/s1. The van der Waals surface area contributed by atoms with Gasteiger partial charge in [-0.1, -0.05) is 19.1 Å². The number of rotatable bonds is 5. The number of fused-ring (bicyclic) bond motifs is 1. The van der Waals surface area contributed by atoms with Crippen LogP contribution in [0.15, 0.2) is 29.2 Å². The molecule has 3 rings (SSSR count). The third-order valence-electron chi connectivity index (χ3n) is 4.55. The lowest BCUT2D eigenvalue weighted by molar-refractivity contribution is -0.123. The number of benzene rings is 1. The highest BCUT2D eigenvalue weighted by Crippen LogP contribution is 2.34. The smallest absolute Gasteiger partial charge is 0.240 e. The Morgan fingerprint density at radius 1 is 1.39 bits per heavy atom. The van der Waals surface area contributed by atoms with Crippen LogP contribution in [0.25, 0.3) is 0 Å². The maximum atomic E-state index is 12.3. The Labute approximate surface area is 141 Å². The van der Waals surface area contributed by atoms with Crippen molar-refractivity contribution in [1.82, 2.24) is 10.2 Å². The van der Waals surface area contributed by atoms with E-state index in [-0.39, 0.29) is 18.4 Å². The average molecular weight is 333 g/mol. The second-order valence-electron chi connectivity index (χ2n) is 5.97. The zero-order valence-electron chi connectivity index (χ0n) is 13.5. The summed E-state index contributed by atoms with van der Waals surface area (Å²) in [6.45, 7) is 5.07. The summed E-state index contributed by atoms with van der Waals surface area (Å²) in [7, 11) is 0. The Morgan fingerprint density at radius 2 is 2.22 bits per heavy atom. The van der Waals surface area contributed by atoms with Crippen LogP contribution in [0.4, 0.5) is 5.69 Å². The summed E-state index contributed by atoms with van der Waals surface area (Å²) in [6, 6.07) is 8.20. The molecular weight excluding hydrogens is 310 g/mol. The van der Waals surface area contributed by atoms with Crippen LogP contribution in [0.2, 0.25) is 0 Å². The van der Waals surface area contributed by atoms with Crippen molar-refractivity contribution in [2.75, 3.05) is 36.8 Å². The summed E-state index contributed by atoms with van der Waals surface area (Å²) in [6.07, 6.45) is 2.33. The molecule has 2 aliphatic heterocycles. The van der Waals surface area contributed by atoms with E-state index in [1.165, 1.54) is 18.2 Å². The number of thioether (sulfide) groups is 1. The minimum Gasteiger partial charge on any atom is -0.353 e. The van der Waals surface area contributed by atoms with Gasteiger partial charge in [-0.3, -0.25) is 14.5 Å². The van der Waals surface area contributed by atoms with E-state index in [0.29, 0.717) is 18.3 Å². The van der Waals surface area contributed by atoms with Crippen molar-refractivity contribution in [3.05, 3.63) is 24.3 Å². The van der Waals surface area contributed by atoms with E-state index in [4.69, 9.17) is 0 Å². The van der Waals surface area contributed by atoms with Gasteiger partial charge < -0.3 is 10.2 Å². The van der Waals surface area contributed by atoms with Crippen LogP contribution in [-0.2, 0) is 9.59 Å². The van der Waals surface area contributed by atoms with Gasteiger partial charge in [0.25, 0.3) is 0 Å². The first kappa shape index (κ1) is 16.3. The molecule has 1 atom stereocenters. The summed E-state index contributed by atoms with van der Waals surface area (Å²) in [5.41, 5.74) is 0.847. The Bertz CT molecular complexity index is 593. The van der Waals surface area contributed by atoms with Crippen LogP contribution in [0.3, 0.4) is 0 Å². The van der Waals surface area contributed by atoms with E-state index in [1.807, 2.05) is 24.3 Å². The minimum atomic E-state index is -0.0805. The van der Waals surface area contributed by atoms with Crippen LogP contribution >= 0.6 is 11.8 Å². The first-order valence-corrected chi connectivity index (χ1v) is 9.20. The molecule has 23 heavy (non-hydrogen) atoms. The normalized spacial score (nSPS) is 21.3. The molecule has 1 saturated heterocycles. The van der Waals surface area contributed by atoms with Crippen LogP contribution in [-0.4, -0.2) is 54.7 Å². The minimum absolute atomic E-state index is 0.0000916. The predicted octanol–water partition coefficient (Wildman–Crippen LogP) is 1.73. The number of carbonyl (C=O) groups is 2. The SMILES string of the molecule is CCN1CCC[C@H]1CNC(=O)CN1C(=O)CSc2ccccc21. The number of nitrogens with zero attached hydrogens (tertiary/aromatic N) is 2. The fourth-order valence-electron chi connectivity index (χ4n) is 3.30. The second-order valence-corrected chi connectivity index (χ2v) is 6.98. The van der Waals surface area contributed by atoms with Gasteiger partial charge in [0.05, 0.1) is 11.4 Å². The Morgan fingerprint density at radius 3 is 3.04 bits per heavy atom. The summed E-state index contributed by atoms with van der Waals surface area (Å²) < 4.78 is 0. The van der Waals surface area contributed by atoms with E-state index < -0.39 is 0 Å². The maximum Gasteiger partial charge on any atom is 0.240 e. The largest absolute Gasteiger partial charge is 0.353 e. The van der Waals surface area contributed by atoms with Gasteiger partial charge >= 0.3 is 0 Å². The Balaban J connectivity index is 1.58. The van der Waals surface area contributed by atoms with Crippen LogP contribution in [0.5, 0.6) is 0 Å². The zero-order valence-corrected chi connectivity index (χ0v) is 14.3. The van der Waals surface area contributed by atoms with E-state index in [0.717, 1.165) is 30.1 Å². The average Bonchev–Trinajstić information content (AvgIpc) is 3.03. The lowest BCUT2D eigenvalue weighted by Crippen LogP contribution is -2.46. The number of para-hydroxylation sites is 1. The molecule has 1 fully saturated rings. The fraction of sp³-hybridized carbons (Fsp3) is 0.529. The third kappa shape index (κ3) is 3.70. The second kappa shape index (κ2) is 7.36. The van der Waals surface area contributed by atoms with Gasteiger partial charge in [-0.2, -0.15) is 0 Å². The van der Waals surface area contributed by atoms with E-state index >= 15 is 0 Å². The Hall–Kier alpha value is -1.53. The summed E-state index contributed by atoms with van der Waals surface area (Å²) in [4.78, 5) is 29.5. The highest BCUT2D eigenvalue weighted by Gasteiger charge is 2.27. The molecule has 0 aliphatic carbocycles. The highest BCUT2D eigenvalue weighted by molar-refractivity contribution is 8.00. The number of hydrogen-bond donors (Lipinski definition) is 1. The fourth-order valence-corrected chi connectivity index (χ4v) is 4.24. The molecule has 0 spiro atoms. The quantitative estimate of drug-likeness (QED) is 0.891. The molecule has 0 radical (unpaired) electrons. The van der Waals surface area contributed by atoms with Crippen molar-refractivity contribution in [3.63, 3.8) is 0 Å². The molecule has 2 amide bonds. The first-order chi connectivity index (χ1) is 11.2. The maximum absolute atomic E-state index is 12.3. The van der Waals surface area contributed by atoms with Crippen molar-refractivity contribution < 1.29 is 9.59 Å². The van der Waals surface area contributed by atoms with Gasteiger partial charge in [0.15, 0.2) is 0 Å². The molecule has 2 heterocycles. The molecule has 0 unspecified atom stereocenters. The number of anilines is 1. The molecule has 0 aromatic heterocycles.